The lowest BCUT2D eigenvalue weighted by Gasteiger charge is -2.47. The molecular weight excluding hydrogens is 298 g/mol. The number of fused-ring (bicyclic) bond motifs is 3. The highest BCUT2D eigenvalue weighted by molar-refractivity contribution is 6.15. The van der Waals surface area contributed by atoms with E-state index in [0.29, 0.717) is 11.3 Å². The molecule has 0 aliphatic carbocycles. The van der Waals surface area contributed by atoms with E-state index < -0.39 is 18.2 Å². The lowest BCUT2D eigenvalue weighted by atomic mass is 9.96. The minimum atomic E-state index is -1.49. The molecule has 7 heteroatoms. The Balaban J connectivity index is 2.20. The van der Waals surface area contributed by atoms with E-state index in [0.717, 1.165) is 0 Å². The summed E-state index contributed by atoms with van der Waals surface area (Å²) in [6.45, 7) is 1.57. The Labute approximate surface area is 133 Å². The van der Waals surface area contributed by atoms with Gasteiger partial charge < -0.3 is 9.64 Å². The van der Waals surface area contributed by atoms with Crippen LogP contribution in [0.4, 0.5) is 5.69 Å². The van der Waals surface area contributed by atoms with Crippen LogP contribution in [0, 0.1) is 11.3 Å². The number of para-hydroxylation sites is 1. The maximum absolute atomic E-state index is 12.8. The molecule has 23 heavy (non-hydrogen) atoms. The van der Waals surface area contributed by atoms with Crippen molar-refractivity contribution in [3.05, 3.63) is 29.8 Å². The summed E-state index contributed by atoms with van der Waals surface area (Å²) >= 11 is 0. The lowest BCUT2D eigenvalue weighted by Crippen LogP contribution is -2.68. The van der Waals surface area contributed by atoms with E-state index in [1.807, 2.05) is 0 Å². The molecular formula is C16H15N3O4. The molecule has 1 aromatic carbocycles. The van der Waals surface area contributed by atoms with Gasteiger partial charge in [0.2, 0.25) is 11.6 Å². The predicted molar refractivity (Wildman–Crippen MR) is 79.2 cm³/mol. The summed E-state index contributed by atoms with van der Waals surface area (Å²) in [5, 5.41) is 8.65. The minimum Gasteiger partial charge on any atom is -0.447 e. The summed E-state index contributed by atoms with van der Waals surface area (Å²) in [5.74, 6) is -1.30. The van der Waals surface area contributed by atoms with Crippen molar-refractivity contribution in [2.45, 2.75) is 25.4 Å². The van der Waals surface area contributed by atoms with Gasteiger partial charge in [0.25, 0.3) is 5.91 Å². The van der Waals surface area contributed by atoms with Gasteiger partial charge in [-0.2, -0.15) is 5.26 Å². The minimum absolute atomic E-state index is 0.139. The van der Waals surface area contributed by atoms with Gasteiger partial charge in [0, 0.05) is 19.4 Å². The van der Waals surface area contributed by atoms with Crippen LogP contribution >= 0.6 is 0 Å². The number of hydrogen-bond acceptors (Lipinski definition) is 5. The second-order valence-corrected chi connectivity index (χ2v) is 5.35. The summed E-state index contributed by atoms with van der Waals surface area (Å²) in [6, 6.07) is 8.45. The van der Waals surface area contributed by atoms with Crippen molar-refractivity contribution in [2.24, 2.45) is 0 Å². The Morgan fingerprint density at radius 2 is 2.13 bits per heavy atom. The van der Waals surface area contributed by atoms with Gasteiger partial charge in [-0.25, -0.2) is 4.79 Å². The smallest absolute Gasteiger partial charge is 0.354 e. The number of nitriles is 1. The van der Waals surface area contributed by atoms with Gasteiger partial charge in [0.15, 0.2) is 6.61 Å². The molecule has 0 radical (unpaired) electrons. The van der Waals surface area contributed by atoms with E-state index in [1.165, 1.54) is 9.80 Å². The Kier molecular flexibility index (Phi) is 3.52. The summed E-state index contributed by atoms with van der Waals surface area (Å²) in [7, 11) is 0. The van der Waals surface area contributed by atoms with Crippen LogP contribution in [-0.4, -0.2) is 41.5 Å². The average molecular weight is 313 g/mol. The molecule has 118 valence electrons. The van der Waals surface area contributed by atoms with Gasteiger partial charge in [0.1, 0.15) is 6.07 Å². The number of amides is 2. The van der Waals surface area contributed by atoms with Crippen molar-refractivity contribution in [1.82, 2.24) is 4.90 Å². The lowest BCUT2D eigenvalue weighted by molar-refractivity contribution is -0.155. The maximum atomic E-state index is 12.8. The van der Waals surface area contributed by atoms with Crippen LogP contribution in [0.15, 0.2) is 24.3 Å². The van der Waals surface area contributed by atoms with Gasteiger partial charge in [0.05, 0.1) is 11.3 Å². The first-order valence-corrected chi connectivity index (χ1v) is 7.36. The molecule has 3 rings (SSSR count). The van der Waals surface area contributed by atoms with Crippen LogP contribution in [-0.2, 0) is 14.3 Å². The summed E-state index contributed by atoms with van der Waals surface area (Å²) in [4.78, 5) is 40.6. The molecule has 1 atom stereocenters. The normalized spacial score (nSPS) is 22.4. The number of esters is 1. The van der Waals surface area contributed by atoms with Crippen molar-refractivity contribution in [3.63, 3.8) is 0 Å². The topological polar surface area (TPSA) is 90.7 Å². The molecule has 2 heterocycles. The molecule has 2 amide bonds. The van der Waals surface area contributed by atoms with E-state index >= 15 is 0 Å². The second-order valence-electron chi connectivity index (χ2n) is 5.35. The quantitative estimate of drug-likeness (QED) is 0.778. The van der Waals surface area contributed by atoms with Crippen molar-refractivity contribution in [3.8, 4) is 6.07 Å². The highest BCUT2D eigenvalue weighted by Crippen LogP contribution is 2.44. The highest BCUT2D eigenvalue weighted by atomic mass is 16.5. The number of likely N-dealkylation sites (N-methyl/N-ethyl adjacent to an activating group) is 1. The number of carbonyl (C=O) groups excluding carboxylic acids is 3. The molecule has 2 aliphatic heterocycles. The summed E-state index contributed by atoms with van der Waals surface area (Å²) in [6.07, 6.45) is 0.295. The van der Waals surface area contributed by atoms with Gasteiger partial charge in [-0.05, 0) is 19.1 Å². The van der Waals surface area contributed by atoms with Gasteiger partial charge in [-0.3, -0.25) is 14.5 Å². The Hall–Kier alpha value is -2.88. The molecule has 2 aliphatic rings. The van der Waals surface area contributed by atoms with Gasteiger partial charge in [-0.15, -0.1) is 0 Å². The molecule has 0 saturated carbocycles. The SMILES string of the molecule is CCN1C(=O)c2ccccc2N2C(=O)CC[C@]12C(=O)OCC#N. The summed E-state index contributed by atoms with van der Waals surface area (Å²) in [5.41, 5.74) is -0.694. The fraction of sp³-hybridized carbons (Fsp3) is 0.375. The number of nitrogens with zero attached hydrogens (tertiary/aromatic N) is 3. The first-order valence-electron chi connectivity index (χ1n) is 7.36. The standard InChI is InChI=1S/C16H15N3O4/c1-2-18-14(21)11-5-3-4-6-12(11)19-13(20)7-8-16(18,19)15(22)23-10-9-17/h3-6H,2,7-8,10H2,1H3/t16-/m0/s1. The number of rotatable bonds is 3. The summed E-state index contributed by atoms with van der Waals surface area (Å²) < 4.78 is 4.99. The number of anilines is 1. The zero-order chi connectivity index (χ0) is 16.6. The van der Waals surface area contributed by atoms with E-state index in [2.05, 4.69) is 0 Å². The number of carbonyl (C=O) groups is 3. The molecule has 1 saturated heterocycles. The maximum Gasteiger partial charge on any atom is 0.354 e. The van der Waals surface area contributed by atoms with Crippen LogP contribution in [0.25, 0.3) is 0 Å². The van der Waals surface area contributed by atoms with E-state index in [-0.39, 0.29) is 31.2 Å². The van der Waals surface area contributed by atoms with Gasteiger partial charge >= 0.3 is 5.97 Å². The van der Waals surface area contributed by atoms with Crippen LogP contribution in [0.1, 0.15) is 30.1 Å². The van der Waals surface area contributed by atoms with Crippen molar-refractivity contribution < 1.29 is 19.1 Å². The molecule has 0 unspecified atom stereocenters. The second kappa shape index (κ2) is 5.39. The molecule has 0 spiro atoms. The zero-order valence-electron chi connectivity index (χ0n) is 12.6. The third-order valence-corrected chi connectivity index (χ3v) is 4.28. The third kappa shape index (κ3) is 1.91. The monoisotopic (exact) mass is 313 g/mol. The molecule has 0 aromatic heterocycles. The van der Waals surface area contributed by atoms with Crippen LogP contribution in [0.2, 0.25) is 0 Å². The van der Waals surface area contributed by atoms with E-state index in [9.17, 15) is 14.4 Å². The van der Waals surface area contributed by atoms with Crippen molar-refractivity contribution >= 4 is 23.5 Å². The Morgan fingerprint density at radius 3 is 2.83 bits per heavy atom. The first-order chi connectivity index (χ1) is 11.1. The average Bonchev–Trinajstić information content (AvgIpc) is 2.92. The molecule has 0 N–H and O–H groups in total. The third-order valence-electron chi connectivity index (χ3n) is 4.28. The number of ether oxygens (including phenoxy) is 1. The first kappa shape index (κ1) is 15.0. The molecule has 0 bridgehead atoms. The van der Waals surface area contributed by atoms with Gasteiger partial charge in [-0.1, -0.05) is 12.1 Å². The van der Waals surface area contributed by atoms with Crippen LogP contribution < -0.4 is 4.90 Å². The predicted octanol–water partition coefficient (Wildman–Crippen LogP) is 1.05. The Bertz CT molecular complexity index is 739. The van der Waals surface area contributed by atoms with Crippen LogP contribution in [0.5, 0.6) is 0 Å². The highest BCUT2D eigenvalue weighted by Gasteiger charge is 2.61. The zero-order valence-corrected chi connectivity index (χ0v) is 12.6. The fourth-order valence-corrected chi connectivity index (χ4v) is 3.39. The molecule has 7 nitrogen and oxygen atoms in total. The van der Waals surface area contributed by atoms with E-state index in [4.69, 9.17) is 10.00 Å². The van der Waals surface area contributed by atoms with Crippen molar-refractivity contribution in [2.75, 3.05) is 18.1 Å². The van der Waals surface area contributed by atoms with Crippen molar-refractivity contribution in [1.29, 1.82) is 5.26 Å². The van der Waals surface area contributed by atoms with Crippen LogP contribution in [0.3, 0.4) is 0 Å². The van der Waals surface area contributed by atoms with E-state index in [1.54, 1.807) is 37.3 Å². The Morgan fingerprint density at radius 1 is 1.39 bits per heavy atom. The fourth-order valence-electron chi connectivity index (χ4n) is 3.39. The molecule has 1 aromatic rings. The largest absolute Gasteiger partial charge is 0.447 e. The number of hydrogen-bond donors (Lipinski definition) is 0. The molecule has 1 fully saturated rings. The number of benzene rings is 1.